The Bertz CT molecular complexity index is 466. The lowest BCUT2D eigenvalue weighted by molar-refractivity contribution is 0.0528. The SMILES string of the molecule is CC(C)(C)OC(=O)NCCc1ccnc(C(=N)N)c1. The van der Waals surface area contributed by atoms with Crippen LogP contribution in [0.1, 0.15) is 32.0 Å². The van der Waals surface area contributed by atoms with E-state index in [1.807, 2.05) is 26.8 Å². The third-order valence-electron chi connectivity index (χ3n) is 2.18. The second kappa shape index (κ2) is 6.17. The Balaban J connectivity index is 2.43. The molecule has 0 aliphatic rings. The summed E-state index contributed by atoms with van der Waals surface area (Å²) >= 11 is 0. The molecule has 0 unspecified atom stereocenters. The van der Waals surface area contributed by atoms with Gasteiger partial charge in [0.25, 0.3) is 0 Å². The van der Waals surface area contributed by atoms with Crippen LogP contribution < -0.4 is 11.1 Å². The number of amidine groups is 1. The maximum absolute atomic E-state index is 11.4. The number of aromatic nitrogens is 1. The molecule has 19 heavy (non-hydrogen) atoms. The van der Waals surface area contributed by atoms with Crippen LogP contribution in [0.25, 0.3) is 0 Å². The van der Waals surface area contributed by atoms with E-state index in [4.69, 9.17) is 15.9 Å². The average molecular weight is 264 g/mol. The Morgan fingerprint density at radius 1 is 1.53 bits per heavy atom. The molecule has 4 N–H and O–H groups in total. The van der Waals surface area contributed by atoms with E-state index in [-0.39, 0.29) is 5.84 Å². The fourth-order valence-electron chi connectivity index (χ4n) is 1.40. The van der Waals surface area contributed by atoms with Crippen LogP contribution in [0.2, 0.25) is 0 Å². The molecular weight excluding hydrogens is 244 g/mol. The number of hydrogen-bond donors (Lipinski definition) is 3. The summed E-state index contributed by atoms with van der Waals surface area (Å²) in [5, 5.41) is 9.97. The van der Waals surface area contributed by atoms with Crippen molar-refractivity contribution in [2.45, 2.75) is 32.8 Å². The summed E-state index contributed by atoms with van der Waals surface area (Å²) in [4.78, 5) is 15.4. The topological polar surface area (TPSA) is 101 Å². The lowest BCUT2D eigenvalue weighted by Crippen LogP contribution is -2.33. The number of nitrogens with zero attached hydrogens (tertiary/aromatic N) is 1. The molecule has 0 saturated carbocycles. The molecule has 0 aromatic carbocycles. The lowest BCUT2D eigenvalue weighted by Gasteiger charge is -2.19. The maximum Gasteiger partial charge on any atom is 0.407 e. The largest absolute Gasteiger partial charge is 0.444 e. The van der Waals surface area contributed by atoms with Gasteiger partial charge in [0, 0.05) is 12.7 Å². The summed E-state index contributed by atoms with van der Waals surface area (Å²) in [5.41, 5.74) is 6.26. The molecule has 0 atom stereocenters. The number of nitrogens with one attached hydrogen (secondary N) is 2. The molecule has 6 heteroatoms. The first-order valence-corrected chi connectivity index (χ1v) is 6.04. The lowest BCUT2D eigenvalue weighted by atomic mass is 10.1. The summed E-state index contributed by atoms with van der Waals surface area (Å²) in [6, 6.07) is 3.56. The summed E-state index contributed by atoms with van der Waals surface area (Å²) in [5.74, 6) is -0.0676. The number of carbonyl (C=O) groups is 1. The van der Waals surface area contributed by atoms with Crippen LogP contribution in [-0.2, 0) is 11.2 Å². The third-order valence-corrected chi connectivity index (χ3v) is 2.18. The summed E-state index contributed by atoms with van der Waals surface area (Å²) in [7, 11) is 0. The number of nitrogen functional groups attached to an aromatic ring is 1. The molecular formula is C13H20N4O2. The van der Waals surface area contributed by atoms with Gasteiger partial charge >= 0.3 is 6.09 Å². The van der Waals surface area contributed by atoms with E-state index in [2.05, 4.69) is 10.3 Å². The Hall–Kier alpha value is -2.11. The maximum atomic E-state index is 11.4. The van der Waals surface area contributed by atoms with Gasteiger partial charge in [0.15, 0.2) is 0 Å². The molecule has 0 radical (unpaired) electrons. The Morgan fingerprint density at radius 3 is 2.79 bits per heavy atom. The number of carbonyl (C=O) groups excluding carboxylic acids is 1. The van der Waals surface area contributed by atoms with Crippen LogP contribution in [0.5, 0.6) is 0 Å². The Kier molecular flexibility index (Phi) is 4.86. The van der Waals surface area contributed by atoms with Crippen molar-refractivity contribution in [2.24, 2.45) is 5.73 Å². The first kappa shape index (κ1) is 14.9. The molecule has 0 spiro atoms. The van der Waals surface area contributed by atoms with Crippen molar-refractivity contribution in [3.63, 3.8) is 0 Å². The molecule has 1 rings (SSSR count). The molecule has 1 aromatic heterocycles. The van der Waals surface area contributed by atoms with Gasteiger partial charge in [-0.05, 0) is 44.9 Å². The Labute approximate surface area is 112 Å². The molecule has 6 nitrogen and oxygen atoms in total. The predicted molar refractivity (Wildman–Crippen MR) is 73.2 cm³/mol. The van der Waals surface area contributed by atoms with Crippen LogP contribution >= 0.6 is 0 Å². The average Bonchev–Trinajstić information content (AvgIpc) is 2.27. The highest BCUT2D eigenvalue weighted by Gasteiger charge is 2.15. The minimum absolute atomic E-state index is 0.0676. The van der Waals surface area contributed by atoms with Crippen molar-refractivity contribution < 1.29 is 9.53 Å². The number of alkyl carbamates (subject to hydrolysis) is 1. The molecule has 1 aromatic rings. The van der Waals surface area contributed by atoms with Crippen molar-refractivity contribution in [3.8, 4) is 0 Å². The summed E-state index contributed by atoms with van der Waals surface area (Å²) in [6.07, 6.45) is 1.79. The van der Waals surface area contributed by atoms with E-state index < -0.39 is 11.7 Å². The minimum Gasteiger partial charge on any atom is -0.444 e. The smallest absolute Gasteiger partial charge is 0.407 e. The second-order valence-corrected chi connectivity index (χ2v) is 5.14. The summed E-state index contributed by atoms with van der Waals surface area (Å²) in [6.45, 7) is 5.90. The van der Waals surface area contributed by atoms with Gasteiger partial charge < -0.3 is 15.8 Å². The number of rotatable bonds is 4. The number of amides is 1. The fraction of sp³-hybridized carbons (Fsp3) is 0.462. The van der Waals surface area contributed by atoms with Gasteiger partial charge in [0.05, 0.1) is 0 Å². The van der Waals surface area contributed by atoms with E-state index in [1.54, 1.807) is 12.3 Å². The van der Waals surface area contributed by atoms with E-state index in [0.29, 0.717) is 18.7 Å². The van der Waals surface area contributed by atoms with Crippen molar-refractivity contribution in [2.75, 3.05) is 6.54 Å². The second-order valence-electron chi connectivity index (χ2n) is 5.14. The molecule has 0 saturated heterocycles. The van der Waals surface area contributed by atoms with E-state index in [1.165, 1.54) is 0 Å². The van der Waals surface area contributed by atoms with Gasteiger partial charge in [-0.3, -0.25) is 10.4 Å². The van der Waals surface area contributed by atoms with Gasteiger partial charge in [-0.1, -0.05) is 0 Å². The monoisotopic (exact) mass is 264 g/mol. The highest BCUT2D eigenvalue weighted by Crippen LogP contribution is 2.06. The molecule has 0 bridgehead atoms. The minimum atomic E-state index is -0.497. The molecule has 1 amide bonds. The first-order valence-electron chi connectivity index (χ1n) is 6.04. The normalized spacial score (nSPS) is 10.9. The third kappa shape index (κ3) is 5.85. The molecule has 104 valence electrons. The molecule has 1 heterocycles. The van der Waals surface area contributed by atoms with Gasteiger partial charge in [-0.2, -0.15) is 0 Å². The zero-order chi connectivity index (χ0) is 14.5. The van der Waals surface area contributed by atoms with Crippen LogP contribution in [0.3, 0.4) is 0 Å². The van der Waals surface area contributed by atoms with Gasteiger partial charge in [0.2, 0.25) is 0 Å². The molecule has 0 fully saturated rings. The highest BCUT2D eigenvalue weighted by atomic mass is 16.6. The first-order chi connectivity index (χ1) is 8.78. The number of hydrogen-bond acceptors (Lipinski definition) is 4. The van der Waals surface area contributed by atoms with Gasteiger partial charge in [0.1, 0.15) is 17.1 Å². The van der Waals surface area contributed by atoms with Crippen LogP contribution in [0.4, 0.5) is 4.79 Å². The Morgan fingerprint density at radius 2 is 2.21 bits per heavy atom. The quantitative estimate of drug-likeness (QED) is 0.565. The number of pyridine rings is 1. The molecule has 0 aliphatic carbocycles. The van der Waals surface area contributed by atoms with Crippen LogP contribution in [0, 0.1) is 5.41 Å². The van der Waals surface area contributed by atoms with Crippen molar-refractivity contribution in [1.82, 2.24) is 10.3 Å². The zero-order valence-electron chi connectivity index (χ0n) is 11.5. The van der Waals surface area contributed by atoms with Gasteiger partial charge in [-0.25, -0.2) is 4.79 Å². The standard InChI is InChI=1S/C13H20N4O2/c1-13(2,3)19-12(18)17-7-5-9-4-6-16-10(8-9)11(14)15/h4,6,8H,5,7H2,1-3H3,(H3,14,15)(H,17,18). The van der Waals surface area contributed by atoms with Crippen LogP contribution in [0.15, 0.2) is 18.3 Å². The fourth-order valence-corrected chi connectivity index (χ4v) is 1.40. The van der Waals surface area contributed by atoms with E-state index in [0.717, 1.165) is 5.56 Å². The van der Waals surface area contributed by atoms with Crippen molar-refractivity contribution in [3.05, 3.63) is 29.6 Å². The van der Waals surface area contributed by atoms with Crippen LogP contribution in [-0.4, -0.2) is 29.1 Å². The number of ether oxygens (including phenoxy) is 1. The van der Waals surface area contributed by atoms with Crippen molar-refractivity contribution in [1.29, 1.82) is 5.41 Å². The summed E-state index contributed by atoms with van der Waals surface area (Å²) < 4.78 is 5.12. The van der Waals surface area contributed by atoms with E-state index in [9.17, 15) is 4.79 Å². The van der Waals surface area contributed by atoms with Gasteiger partial charge in [-0.15, -0.1) is 0 Å². The zero-order valence-corrected chi connectivity index (χ0v) is 11.5. The highest BCUT2D eigenvalue weighted by molar-refractivity contribution is 5.93. The van der Waals surface area contributed by atoms with E-state index >= 15 is 0 Å². The predicted octanol–water partition coefficient (Wildman–Crippen LogP) is 1.43. The van der Waals surface area contributed by atoms with Crippen molar-refractivity contribution >= 4 is 11.9 Å². The number of nitrogens with two attached hydrogens (primary N) is 1. The molecule has 0 aliphatic heterocycles.